The standard InChI is InChI=1S/C17H25N3O2/c1-12(2)15-6-4-14(5-7-15)10-20(16-8-9-16)11-17(22)19-18-13(3)21/h4-7,12,16H,8-11H2,1-3H3,(H,18,21)(H,19,22). The summed E-state index contributed by atoms with van der Waals surface area (Å²) < 4.78 is 0. The van der Waals surface area contributed by atoms with Crippen LogP contribution < -0.4 is 10.9 Å². The van der Waals surface area contributed by atoms with E-state index in [9.17, 15) is 9.59 Å². The molecule has 2 rings (SSSR count). The second-order valence-electron chi connectivity index (χ2n) is 6.26. The number of nitrogens with one attached hydrogen (secondary N) is 2. The van der Waals surface area contributed by atoms with Gasteiger partial charge in [0.25, 0.3) is 5.91 Å². The zero-order valence-corrected chi connectivity index (χ0v) is 13.6. The third-order valence-electron chi connectivity index (χ3n) is 3.82. The number of rotatable bonds is 6. The maximum Gasteiger partial charge on any atom is 0.252 e. The first-order valence-corrected chi connectivity index (χ1v) is 7.84. The van der Waals surface area contributed by atoms with Gasteiger partial charge in [0.05, 0.1) is 6.54 Å². The van der Waals surface area contributed by atoms with Crippen LogP contribution in [0.4, 0.5) is 0 Å². The number of hydrazine groups is 1. The zero-order valence-electron chi connectivity index (χ0n) is 13.6. The van der Waals surface area contributed by atoms with E-state index < -0.39 is 0 Å². The average molecular weight is 303 g/mol. The van der Waals surface area contributed by atoms with Gasteiger partial charge >= 0.3 is 0 Å². The van der Waals surface area contributed by atoms with Crippen molar-refractivity contribution in [1.29, 1.82) is 0 Å². The highest BCUT2D eigenvalue weighted by atomic mass is 16.2. The van der Waals surface area contributed by atoms with Crippen molar-refractivity contribution in [2.24, 2.45) is 0 Å². The van der Waals surface area contributed by atoms with Crippen LogP contribution in [0.25, 0.3) is 0 Å². The molecule has 0 radical (unpaired) electrons. The van der Waals surface area contributed by atoms with E-state index in [4.69, 9.17) is 0 Å². The number of nitrogens with zero attached hydrogens (tertiary/aromatic N) is 1. The number of benzene rings is 1. The van der Waals surface area contributed by atoms with Crippen LogP contribution in [0.5, 0.6) is 0 Å². The highest BCUT2D eigenvalue weighted by molar-refractivity contribution is 5.82. The van der Waals surface area contributed by atoms with E-state index in [2.05, 4.69) is 53.9 Å². The predicted molar refractivity (Wildman–Crippen MR) is 85.9 cm³/mol. The van der Waals surface area contributed by atoms with Gasteiger partial charge in [-0.3, -0.25) is 25.3 Å². The summed E-state index contributed by atoms with van der Waals surface area (Å²) in [5, 5.41) is 0. The maximum atomic E-state index is 11.9. The molecule has 2 N–H and O–H groups in total. The fourth-order valence-electron chi connectivity index (χ4n) is 2.38. The van der Waals surface area contributed by atoms with Crippen LogP contribution >= 0.6 is 0 Å². The van der Waals surface area contributed by atoms with Crippen molar-refractivity contribution < 1.29 is 9.59 Å². The SMILES string of the molecule is CC(=O)NNC(=O)CN(Cc1ccc(C(C)C)cc1)C1CC1. The zero-order chi connectivity index (χ0) is 16.1. The van der Waals surface area contributed by atoms with Gasteiger partial charge in [-0.15, -0.1) is 0 Å². The molecule has 0 heterocycles. The lowest BCUT2D eigenvalue weighted by atomic mass is 10.0. The van der Waals surface area contributed by atoms with E-state index in [1.165, 1.54) is 18.1 Å². The van der Waals surface area contributed by atoms with Gasteiger partial charge in [-0.05, 0) is 29.9 Å². The van der Waals surface area contributed by atoms with Crippen molar-refractivity contribution >= 4 is 11.8 Å². The van der Waals surface area contributed by atoms with Crippen LogP contribution in [0.1, 0.15) is 50.7 Å². The summed E-state index contributed by atoms with van der Waals surface area (Å²) in [6.45, 7) is 6.79. The first-order chi connectivity index (χ1) is 10.5. The second-order valence-corrected chi connectivity index (χ2v) is 6.26. The van der Waals surface area contributed by atoms with E-state index in [0.717, 1.165) is 19.4 Å². The van der Waals surface area contributed by atoms with Gasteiger partial charge in [0.2, 0.25) is 5.91 Å². The van der Waals surface area contributed by atoms with E-state index in [-0.39, 0.29) is 11.8 Å². The minimum Gasteiger partial charge on any atom is -0.287 e. The topological polar surface area (TPSA) is 61.4 Å². The largest absolute Gasteiger partial charge is 0.287 e. The lowest BCUT2D eigenvalue weighted by Crippen LogP contribution is -2.46. The molecule has 1 aromatic carbocycles. The molecule has 1 aliphatic rings. The summed E-state index contributed by atoms with van der Waals surface area (Å²) in [7, 11) is 0. The Hall–Kier alpha value is -1.88. The van der Waals surface area contributed by atoms with Crippen LogP contribution in [-0.4, -0.2) is 29.3 Å². The first-order valence-electron chi connectivity index (χ1n) is 7.84. The van der Waals surface area contributed by atoms with Gasteiger partial charge in [0, 0.05) is 19.5 Å². The normalized spacial score (nSPS) is 14.2. The summed E-state index contributed by atoms with van der Waals surface area (Å²) in [6.07, 6.45) is 2.27. The Kier molecular flexibility index (Phi) is 5.55. The van der Waals surface area contributed by atoms with Crippen molar-refractivity contribution in [1.82, 2.24) is 15.8 Å². The Labute approximate surface area is 132 Å². The Balaban J connectivity index is 1.91. The minimum absolute atomic E-state index is 0.180. The number of hydrogen-bond donors (Lipinski definition) is 2. The third-order valence-corrected chi connectivity index (χ3v) is 3.82. The van der Waals surface area contributed by atoms with Gasteiger partial charge < -0.3 is 0 Å². The van der Waals surface area contributed by atoms with Crippen molar-refractivity contribution in [2.75, 3.05) is 6.54 Å². The van der Waals surface area contributed by atoms with Crippen molar-refractivity contribution in [3.8, 4) is 0 Å². The van der Waals surface area contributed by atoms with E-state index >= 15 is 0 Å². The molecule has 5 nitrogen and oxygen atoms in total. The monoisotopic (exact) mass is 303 g/mol. The Morgan fingerprint density at radius 3 is 2.32 bits per heavy atom. The molecular weight excluding hydrogens is 278 g/mol. The van der Waals surface area contributed by atoms with E-state index in [0.29, 0.717) is 18.5 Å². The van der Waals surface area contributed by atoms with Crippen LogP contribution in [-0.2, 0) is 16.1 Å². The molecule has 0 bridgehead atoms. The molecule has 0 aliphatic heterocycles. The molecule has 1 saturated carbocycles. The summed E-state index contributed by atoms with van der Waals surface area (Å²) in [6, 6.07) is 9.06. The third kappa shape index (κ3) is 5.15. The van der Waals surface area contributed by atoms with Crippen LogP contribution in [0.2, 0.25) is 0 Å². The highest BCUT2D eigenvalue weighted by Crippen LogP contribution is 2.28. The van der Waals surface area contributed by atoms with Crippen molar-refractivity contribution in [2.45, 2.75) is 52.1 Å². The van der Waals surface area contributed by atoms with Crippen LogP contribution in [0.3, 0.4) is 0 Å². The van der Waals surface area contributed by atoms with Crippen molar-refractivity contribution in [3.63, 3.8) is 0 Å². The van der Waals surface area contributed by atoms with E-state index in [1.807, 2.05) is 0 Å². The van der Waals surface area contributed by atoms with Gasteiger partial charge in [0.15, 0.2) is 0 Å². The molecule has 0 aromatic heterocycles. The first kappa shape index (κ1) is 16.5. The van der Waals surface area contributed by atoms with Crippen LogP contribution in [0.15, 0.2) is 24.3 Å². The molecule has 2 amide bonds. The molecule has 0 unspecified atom stereocenters. The quantitative estimate of drug-likeness (QED) is 0.790. The number of amides is 2. The maximum absolute atomic E-state index is 11.9. The molecular formula is C17H25N3O2. The second kappa shape index (κ2) is 7.40. The molecule has 1 aromatic rings. The van der Waals surface area contributed by atoms with Crippen molar-refractivity contribution in [3.05, 3.63) is 35.4 Å². The number of carbonyl (C=O) groups is 2. The molecule has 120 valence electrons. The van der Waals surface area contributed by atoms with Gasteiger partial charge in [-0.25, -0.2) is 0 Å². The smallest absolute Gasteiger partial charge is 0.252 e. The van der Waals surface area contributed by atoms with Gasteiger partial charge in [-0.2, -0.15) is 0 Å². The average Bonchev–Trinajstić information content (AvgIpc) is 3.29. The lowest BCUT2D eigenvalue weighted by Gasteiger charge is -2.21. The van der Waals surface area contributed by atoms with Crippen LogP contribution in [0, 0.1) is 0 Å². The Morgan fingerprint density at radius 1 is 1.18 bits per heavy atom. The molecule has 0 saturated heterocycles. The fraction of sp³-hybridized carbons (Fsp3) is 0.529. The Bertz CT molecular complexity index is 521. The molecule has 0 spiro atoms. The summed E-state index contributed by atoms with van der Waals surface area (Å²) >= 11 is 0. The minimum atomic E-state index is -0.268. The predicted octanol–water partition coefficient (Wildman–Crippen LogP) is 1.94. The fourth-order valence-corrected chi connectivity index (χ4v) is 2.38. The number of carbonyl (C=O) groups excluding carboxylic acids is 2. The summed E-state index contributed by atoms with van der Waals surface area (Å²) in [4.78, 5) is 24.8. The lowest BCUT2D eigenvalue weighted by molar-refractivity contribution is -0.128. The molecule has 5 heteroatoms. The highest BCUT2D eigenvalue weighted by Gasteiger charge is 2.30. The Morgan fingerprint density at radius 2 is 1.82 bits per heavy atom. The molecule has 22 heavy (non-hydrogen) atoms. The van der Waals surface area contributed by atoms with E-state index in [1.54, 1.807) is 0 Å². The summed E-state index contributed by atoms with van der Waals surface area (Å²) in [5.41, 5.74) is 7.29. The summed E-state index contributed by atoms with van der Waals surface area (Å²) in [5.74, 6) is 0.0773. The van der Waals surface area contributed by atoms with Gasteiger partial charge in [0.1, 0.15) is 0 Å². The molecule has 0 atom stereocenters. The molecule has 1 fully saturated rings. The molecule has 1 aliphatic carbocycles. The van der Waals surface area contributed by atoms with Gasteiger partial charge in [-0.1, -0.05) is 38.1 Å². The number of hydrogen-bond acceptors (Lipinski definition) is 3.